The van der Waals surface area contributed by atoms with Crippen LogP contribution >= 0.6 is 0 Å². The van der Waals surface area contributed by atoms with Gasteiger partial charge in [0.05, 0.1) is 7.11 Å². The van der Waals surface area contributed by atoms with Crippen LogP contribution in [-0.2, 0) is 14.9 Å². The van der Waals surface area contributed by atoms with Crippen molar-refractivity contribution in [2.24, 2.45) is 0 Å². The first-order chi connectivity index (χ1) is 8.46. The van der Waals surface area contributed by atoms with Crippen molar-refractivity contribution in [1.82, 2.24) is 4.98 Å². The van der Waals surface area contributed by atoms with E-state index >= 15 is 0 Å². The van der Waals surface area contributed by atoms with Crippen LogP contribution in [0.4, 0.5) is 0 Å². The molecule has 1 aromatic heterocycles. The van der Waals surface area contributed by atoms with Crippen molar-refractivity contribution in [3.8, 4) is 0 Å². The van der Waals surface area contributed by atoms with Gasteiger partial charge in [0.2, 0.25) is 0 Å². The fourth-order valence-corrected chi connectivity index (χ4v) is 1.91. The van der Waals surface area contributed by atoms with Gasteiger partial charge in [-0.15, -0.1) is 0 Å². The summed E-state index contributed by atoms with van der Waals surface area (Å²) in [5.74, 6) is -0.381. The highest BCUT2D eigenvalue weighted by Crippen LogP contribution is 2.24. The van der Waals surface area contributed by atoms with Crippen LogP contribution in [0.15, 0.2) is 35.1 Å². The highest BCUT2D eigenvalue weighted by Gasteiger charge is 2.32. The second kappa shape index (κ2) is 4.29. The standard InChI is InChI=1S/C14H15NO3/c1-14(2,13(17)18-3)11-8-9-6-4-5-7-10(9)12(16)15-11/h4-8H,1-3H3,(H,15,16). The zero-order valence-corrected chi connectivity index (χ0v) is 10.6. The number of esters is 1. The summed E-state index contributed by atoms with van der Waals surface area (Å²) < 4.78 is 4.76. The normalized spacial score (nSPS) is 11.5. The van der Waals surface area contributed by atoms with E-state index in [9.17, 15) is 9.59 Å². The smallest absolute Gasteiger partial charge is 0.317 e. The second-order valence-electron chi connectivity index (χ2n) is 4.72. The van der Waals surface area contributed by atoms with E-state index in [1.807, 2.05) is 24.3 Å². The maximum Gasteiger partial charge on any atom is 0.317 e. The first-order valence-corrected chi connectivity index (χ1v) is 5.68. The molecular weight excluding hydrogens is 230 g/mol. The van der Waals surface area contributed by atoms with Gasteiger partial charge in [-0.3, -0.25) is 9.59 Å². The van der Waals surface area contributed by atoms with Crippen molar-refractivity contribution in [2.45, 2.75) is 19.3 Å². The fraction of sp³-hybridized carbons (Fsp3) is 0.286. The Labute approximate surface area is 105 Å². The molecule has 0 bridgehead atoms. The summed E-state index contributed by atoms with van der Waals surface area (Å²) >= 11 is 0. The summed E-state index contributed by atoms with van der Waals surface area (Å²) in [6.07, 6.45) is 0. The largest absolute Gasteiger partial charge is 0.468 e. The number of hydrogen-bond acceptors (Lipinski definition) is 3. The molecule has 1 heterocycles. The van der Waals surface area contributed by atoms with E-state index in [2.05, 4.69) is 4.98 Å². The number of hydrogen-bond donors (Lipinski definition) is 1. The molecule has 4 nitrogen and oxygen atoms in total. The van der Waals surface area contributed by atoms with Gasteiger partial charge in [-0.2, -0.15) is 0 Å². The monoisotopic (exact) mass is 245 g/mol. The number of rotatable bonds is 2. The number of benzene rings is 1. The molecule has 1 aromatic carbocycles. The fourth-order valence-electron chi connectivity index (χ4n) is 1.91. The van der Waals surface area contributed by atoms with E-state index in [-0.39, 0.29) is 11.5 Å². The third kappa shape index (κ3) is 1.90. The number of nitrogens with one attached hydrogen (secondary N) is 1. The predicted molar refractivity (Wildman–Crippen MR) is 69.6 cm³/mol. The molecule has 0 aliphatic carbocycles. The maximum absolute atomic E-state index is 11.9. The molecule has 0 fully saturated rings. The lowest BCUT2D eigenvalue weighted by atomic mass is 9.88. The molecule has 0 saturated heterocycles. The highest BCUT2D eigenvalue weighted by atomic mass is 16.5. The summed E-state index contributed by atoms with van der Waals surface area (Å²) in [5, 5.41) is 1.43. The van der Waals surface area contributed by atoms with Crippen LogP contribution in [0.5, 0.6) is 0 Å². The number of fused-ring (bicyclic) bond motifs is 1. The van der Waals surface area contributed by atoms with Gasteiger partial charge in [0, 0.05) is 11.1 Å². The second-order valence-corrected chi connectivity index (χ2v) is 4.72. The molecule has 0 amide bonds. The van der Waals surface area contributed by atoms with Crippen molar-refractivity contribution in [1.29, 1.82) is 0 Å². The topological polar surface area (TPSA) is 59.2 Å². The Morgan fingerprint density at radius 2 is 1.94 bits per heavy atom. The van der Waals surface area contributed by atoms with Gasteiger partial charge in [0.25, 0.3) is 5.56 Å². The lowest BCUT2D eigenvalue weighted by Gasteiger charge is -2.21. The summed E-state index contributed by atoms with van der Waals surface area (Å²) in [4.78, 5) is 26.4. The summed E-state index contributed by atoms with van der Waals surface area (Å²) in [6, 6.07) is 9.08. The number of H-pyrrole nitrogens is 1. The molecule has 0 spiro atoms. The van der Waals surface area contributed by atoms with Crippen LogP contribution in [0.1, 0.15) is 19.5 Å². The molecule has 1 N–H and O–H groups in total. The molecule has 0 atom stereocenters. The van der Waals surface area contributed by atoms with Crippen molar-refractivity contribution in [3.63, 3.8) is 0 Å². The molecule has 4 heteroatoms. The van der Waals surface area contributed by atoms with Gasteiger partial charge >= 0.3 is 5.97 Å². The number of methoxy groups -OCH3 is 1. The van der Waals surface area contributed by atoms with Crippen LogP contribution in [0.25, 0.3) is 10.8 Å². The van der Waals surface area contributed by atoms with E-state index < -0.39 is 5.41 Å². The Bertz CT molecular complexity index is 655. The lowest BCUT2D eigenvalue weighted by molar-refractivity contribution is -0.146. The van der Waals surface area contributed by atoms with Gasteiger partial charge in [0.15, 0.2) is 0 Å². The van der Waals surface area contributed by atoms with E-state index in [1.165, 1.54) is 7.11 Å². The van der Waals surface area contributed by atoms with Gasteiger partial charge < -0.3 is 9.72 Å². The minimum absolute atomic E-state index is 0.194. The molecule has 0 radical (unpaired) electrons. The molecule has 94 valence electrons. The van der Waals surface area contributed by atoms with Gasteiger partial charge in [-0.05, 0) is 31.4 Å². The molecule has 0 aliphatic heterocycles. The van der Waals surface area contributed by atoms with Crippen molar-refractivity contribution >= 4 is 16.7 Å². The Morgan fingerprint density at radius 1 is 1.28 bits per heavy atom. The van der Waals surface area contributed by atoms with Gasteiger partial charge in [-0.25, -0.2) is 0 Å². The van der Waals surface area contributed by atoms with Gasteiger partial charge in [-0.1, -0.05) is 18.2 Å². The Morgan fingerprint density at radius 3 is 2.61 bits per heavy atom. The zero-order valence-electron chi connectivity index (χ0n) is 10.6. The van der Waals surface area contributed by atoms with E-state index in [0.29, 0.717) is 11.1 Å². The van der Waals surface area contributed by atoms with Gasteiger partial charge in [0.1, 0.15) is 5.41 Å². The first-order valence-electron chi connectivity index (χ1n) is 5.68. The van der Waals surface area contributed by atoms with Crippen LogP contribution in [0.3, 0.4) is 0 Å². The molecular formula is C14H15NO3. The lowest BCUT2D eigenvalue weighted by Crippen LogP contribution is -2.33. The van der Waals surface area contributed by atoms with Crippen LogP contribution in [-0.4, -0.2) is 18.1 Å². The van der Waals surface area contributed by atoms with E-state index in [1.54, 1.807) is 19.9 Å². The minimum atomic E-state index is -0.877. The van der Waals surface area contributed by atoms with Crippen molar-refractivity contribution in [2.75, 3.05) is 7.11 Å². The van der Waals surface area contributed by atoms with Crippen LogP contribution in [0.2, 0.25) is 0 Å². The minimum Gasteiger partial charge on any atom is -0.468 e. The highest BCUT2D eigenvalue weighted by molar-refractivity contribution is 5.86. The molecule has 0 aliphatic rings. The Hall–Kier alpha value is -2.10. The quantitative estimate of drug-likeness (QED) is 0.823. The van der Waals surface area contributed by atoms with Crippen molar-refractivity contribution in [3.05, 3.63) is 46.4 Å². The number of aromatic amines is 1. The summed E-state index contributed by atoms with van der Waals surface area (Å²) in [6.45, 7) is 3.44. The maximum atomic E-state index is 11.9. The zero-order chi connectivity index (χ0) is 13.3. The van der Waals surface area contributed by atoms with Crippen LogP contribution < -0.4 is 5.56 Å². The SMILES string of the molecule is COC(=O)C(C)(C)c1cc2ccccc2c(=O)[nH]1. The third-order valence-electron chi connectivity index (χ3n) is 3.12. The van der Waals surface area contributed by atoms with E-state index in [0.717, 1.165) is 5.39 Å². The summed E-state index contributed by atoms with van der Waals surface area (Å²) in [5.41, 5.74) is -0.518. The Kier molecular flexibility index (Phi) is 2.95. The van der Waals surface area contributed by atoms with Crippen molar-refractivity contribution < 1.29 is 9.53 Å². The van der Waals surface area contributed by atoms with Crippen LogP contribution in [0, 0.1) is 0 Å². The number of ether oxygens (including phenoxy) is 1. The van der Waals surface area contributed by atoms with E-state index in [4.69, 9.17) is 4.74 Å². The average molecular weight is 245 g/mol. The molecule has 2 aromatic rings. The number of carbonyl (C=O) groups excluding carboxylic acids is 1. The molecule has 0 unspecified atom stereocenters. The average Bonchev–Trinajstić information content (AvgIpc) is 2.37. The first kappa shape index (κ1) is 12.4. The summed E-state index contributed by atoms with van der Waals surface area (Å²) in [7, 11) is 1.34. The number of aromatic nitrogens is 1. The number of pyridine rings is 1. The predicted octanol–water partition coefficient (Wildman–Crippen LogP) is 1.98. The molecule has 18 heavy (non-hydrogen) atoms. The molecule has 2 rings (SSSR count). The molecule has 0 saturated carbocycles. The third-order valence-corrected chi connectivity index (χ3v) is 3.12. The number of carbonyl (C=O) groups is 1. The Balaban J connectivity index is 2.67.